The van der Waals surface area contributed by atoms with Gasteiger partial charge in [-0.2, -0.15) is 0 Å². The lowest BCUT2D eigenvalue weighted by atomic mass is 9.95. The van der Waals surface area contributed by atoms with Gasteiger partial charge in [-0.05, 0) is 50.4 Å². The number of hydrogen-bond donors (Lipinski definition) is 2. The molecule has 0 aromatic rings. The van der Waals surface area contributed by atoms with E-state index in [0.717, 1.165) is 58.0 Å². The summed E-state index contributed by atoms with van der Waals surface area (Å²) in [6.07, 6.45) is 6.26. The first kappa shape index (κ1) is 18.0. The zero-order valence-electron chi connectivity index (χ0n) is 14.6. The number of nitrogens with zero attached hydrogens (tertiary/aromatic N) is 2. The van der Waals surface area contributed by atoms with Gasteiger partial charge < -0.3 is 20.7 Å². The van der Waals surface area contributed by atoms with Gasteiger partial charge in [-0.15, -0.1) is 0 Å². The number of carbonyl (C=O) groups excluding carboxylic acids is 1. The van der Waals surface area contributed by atoms with Crippen molar-refractivity contribution >= 4 is 11.9 Å². The molecule has 1 aliphatic carbocycles. The molecule has 1 heterocycles. The molecule has 1 atom stereocenters. The molecule has 0 aromatic carbocycles. The molecule has 1 amide bonds. The summed E-state index contributed by atoms with van der Waals surface area (Å²) in [6.45, 7) is 6.53. The van der Waals surface area contributed by atoms with Gasteiger partial charge in [-0.1, -0.05) is 0 Å². The number of piperidine rings is 1. The number of primary amides is 1. The zero-order valence-corrected chi connectivity index (χ0v) is 14.6. The first-order valence-electron chi connectivity index (χ1n) is 8.89. The minimum Gasteiger partial charge on any atom is -0.385 e. The molecule has 6 heteroatoms. The summed E-state index contributed by atoms with van der Waals surface area (Å²) in [5.74, 6) is 1.15. The van der Waals surface area contributed by atoms with Crippen molar-refractivity contribution in [3.8, 4) is 0 Å². The maximum atomic E-state index is 11.2. The monoisotopic (exact) mass is 324 g/mol. The van der Waals surface area contributed by atoms with Crippen molar-refractivity contribution in [3.63, 3.8) is 0 Å². The predicted molar refractivity (Wildman–Crippen MR) is 92.2 cm³/mol. The Labute approximate surface area is 139 Å². The van der Waals surface area contributed by atoms with Crippen molar-refractivity contribution in [2.45, 2.75) is 45.4 Å². The third kappa shape index (κ3) is 5.68. The fourth-order valence-electron chi connectivity index (χ4n) is 3.36. The van der Waals surface area contributed by atoms with Crippen LogP contribution < -0.4 is 11.1 Å². The second-order valence-electron chi connectivity index (χ2n) is 7.04. The maximum Gasteiger partial charge on any atom is 0.217 e. The summed E-state index contributed by atoms with van der Waals surface area (Å²) in [6, 6.07) is 0. The minimum atomic E-state index is -0.199. The Morgan fingerprint density at radius 1 is 1.48 bits per heavy atom. The van der Waals surface area contributed by atoms with E-state index in [4.69, 9.17) is 15.5 Å². The normalized spacial score (nSPS) is 23.7. The van der Waals surface area contributed by atoms with Crippen LogP contribution in [-0.2, 0) is 9.53 Å². The van der Waals surface area contributed by atoms with Gasteiger partial charge in [-0.25, -0.2) is 0 Å². The first-order chi connectivity index (χ1) is 11.1. The number of guanidine groups is 1. The average molecular weight is 324 g/mol. The Balaban J connectivity index is 1.94. The van der Waals surface area contributed by atoms with Crippen LogP contribution in [0, 0.1) is 11.3 Å². The number of nitrogens with two attached hydrogens (primary N) is 1. The van der Waals surface area contributed by atoms with Gasteiger partial charge in [0.25, 0.3) is 0 Å². The molecule has 2 fully saturated rings. The number of ether oxygens (including phenoxy) is 1. The third-order valence-electron chi connectivity index (χ3n) is 5.00. The van der Waals surface area contributed by atoms with Crippen LogP contribution in [0.4, 0.5) is 0 Å². The highest BCUT2D eigenvalue weighted by Gasteiger charge is 2.42. The first-order valence-corrected chi connectivity index (χ1v) is 8.89. The van der Waals surface area contributed by atoms with Gasteiger partial charge in [-0.3, -0.25) is 9.79 Å². The highest BCUT2D eigenvalue weighted by atomic mass is 16.5. The molecule has 0 spiro atoms. The lowest BCUT2D eigenvalue weighted by molar-refractivity contribution is -0.119. The molecule has 6 nitrogen and oxygen atoms in total. The summed E-state index contributed by atoms with van der Waals surface area (Å²) in [4.78, 5) is 18.4. The Morgan fingerprint density at radius 3 is 2.87 bits per heavy atom. The second kappa shape index (κ2) is 8.52. The number of methoxy groups -OCH3 is 1. The van der Waals surface area contributed by atoms with E-state index in [0.29, 0.717) is 17.8 Å². The molecular formula is C17H32N4O2. The zero-order chi connectivity index (χ0) is 16.7. The second-order valence-corrected chi connectivity index (χ2v) is 7.04. The molecule has 132 valence electrons. The SMILES string of the molecule is CCNC(=NCC1(CCOC)CC1)N1CCCC(CC(N)=O)C1. The number of rotatable bonds is 8. The number of amides is 1. The van der Waals surface area contributed by atoms with Crippen molar-refractivity contribution in [2.75, 3.05) is 39.9 Å². The lowest BCUT2D eigenvalue weighted by Gasteiger charge is -2.35. The fourth-order valence-corrected chi connectivity index (χ4v) is 3.36. The molecule has 0 bridgehead atoms. The van der Waals surface area contributed by atoms with Gasteiger partial charge in [0.1, 0.15) is 0 Å². The Hall–Kier alpha value is -1.30. The molecular weight excluding hydrogens is 292 g/mol. The van der Waals surface area contributed by atoms with Crippen LogP contribution in [0.15, 0.2) is 4.99 Å². The van der Waals surface area contributed by atoms with Crippen LogP contribution in [0.2, 0.25) is 0 Å². The quantitative estimate of drug-likeness (QED) is 0.522. The molecule has 1 saturated heterocycles. The number of carbonyl (C=O) groups is 1. The summed E-state index contributed by atoms with van der Waals surface area (Å²) in [5.41, 5.74) is 5.72. The van der Waals surface area contributed by atoms with Gasteiger partial charge in [0.2, 0.25) is 5.91 Å². The van der Waals surface area contributed by atoms with Crippen molar-refractivity contribution in [3.05, 3.63) is 0 Å². The molecule has 1 aliphatic heterocycles. The molecule has 2 rings (SSSR count). The number of hydrogen-bond acceptors (Lipinski definition) is 3. The molecule has 0 radical (unpaired) electrons. The van der Waals surface area contributed by atoms with Gasteiger partial charge >= 0.3 is 0 Å². The van der Waals surface area contributed by atoms with E-state index in [9.17, 15) is 4.79 Å². The Kier molecular flexibility index (Phi) is 6.69. The fraction of sp³-hybridized carbons (Fsp3) is 0.882. The lowest BCUT2D eigenvalue weighted by Crippen LogP contribution is -2.47. The van der Waals surface area contributed by atoms with E-state index >= 15 is 0 Å². The summed E-state index contributed by atoms with van der Waals surface area (Å²) >= 11 is 0. The van der Waals surface area contributed by atoms with E-state index < -0.39 is 0 Å². The highest BCUT2D eigenvalue weighted by Crippen LogP contribution is 2.49. The van der Waals surface area contributed by atoms with Crippen molar-refractivity contribution in [2.24, 2.45) is 22.1 Å². The number of likely N-dealkylation sites (tertiary alicyclic amines) is 1. The minimum absolute atomic E-state index is 0.199. The molecule has 1 unspecified atom stereocenters. The van der Waals surface area contributed by atoms with Crippen molar-refractivity contribution < 1.29 is 9.53 Å². The topological polar surface area (TPSA) is 80.0 Å². The van der Waals surface area contributed by atoms with Crippen molar-refractivity contribution in [1.82, 2.24) is 10.2 Å². The van der Waals surface area contributed by atoms with Crippen LogP contribution in [0.1, 0.15) is 45.4 Å². The highest BCUT2D eigenvalue weighted by molar-refractivity contribution is 5.80. The van der Waals surface area contributed by atoms with E-state index in [1.165, 1.54) is 12.8 Å². The van der Waals surface area contributed by atoms with E-state index in [2.05, 4.69) is 17.1 Å². The largest absolute Gasteiger partial charge is 0.385 e. The van der Waals surface area contributed by atoms with E-state index in [1.807, 2.05) is 0 Å². The molecule has 2 aliphatic rings. The van der Waals surface area contributed by atoms with E-state index in [-0.39, 0.29) is 5.91 Å². The molecule has 3 N–H and O–H groups in total. The summed E-state index contributed by atoms with van der Waals surface area (Å²) in [5, 5.41) is 3.41. The Bertz CT molecular complexity index is 421. The predicted octanol–water partition coefficient (Wildman–Crippen LogP) is 1.36. The standard InChI is InChI=1S/C17H32N4O2/c1-3-19-16(20-13-17(6-7-17)8-10-23-2)21-9-4-5-14(12-21)11-15(18)22/h14H,3-13H2,1-2H3,(H2,18,22)(H,19,20). The Morgan fingerprint density at radius 2 is 2.26 bits per heavy atom. The number of nitrogens with one attached hydrogen (secondary N) is 1. The van der Waals surface area contributed by atoms with Gasteiger partial charge in [0, 0.05) is 46.3 Å². The smallest absolute Gasteiger partial charge is 0.217 e. The van der Waals surface area contributed by atoms with E-state index in [1.54, 1.807) is 7.11 Å². The maximum absolute atomic E-state index is 11.2. The molecule has 1 saturated carbocycles. The van der Waals surface area contributed by atoms with Crippen LogP contribution >= 0.6 is 0 Å². The summed E-state index contributed by atoms with van der Waals surface area (Å²) < 4.78 is 5.22. The van der Waals surface area contributed by atoms with Crippen LogP contribution in [0.25, 0.3) is 0 Å². The number of aliphatic imine (C=N–C) groups is 1. The van der Waals surface area contributed by atoms with Gasteiger partial charge in [0.15, 0.2) is 5.96 Å². The average Bonchev–Trinajstić information content (AvgIpc) is 3.29. The summed E-state index contributed by atoms with van der Waals surface area (Å²) in [7, 11) is 1.76. The van der Waals surface area contributed by atoms with Crippen LogP contribution in [-0.4, -0.2) is 56.7 Å². The van der Waals surface area contributed by atoms with Crippen molar-refractivity contribution in [1.29, 1.82) is 0 Å². The van der Waals surface area contributed by atoms with Crippen LogP contribution in [0.5, 0.6) is 0 Å². The molecule has 0 aromatic heterocycles. The third-order valence-corrected chi connectivity index (χ3v) is 5.00. The van der Waals surface area contributed by atoms with Crippen LogP contribution in [0.3, 0.4) is 0 Å². The van der Waals surface area contributed by atoms with Gasteiger partial charge in [0.05, 0.1) is 0 Å². The molecule has 23 heavy (non-hydrogen) atoms.